The van der Waals surface area contributed by atoms with Crippen molar-refractivity contribution < 1.29 is 9.59 Å². The van der Waals surface area contributed by atoms with Gasteiger partial charge in [0.1, 0.15) is 5.82 Å². The number of aromatic nitrogens is 1. The molecular formula is C18H23Cl2N5O2. The topological polar surface area (TPSA) is 100 Å². The first-order valence-corrected chi connectivity index (χ1v) is 8.20. The molecule has 4 N–H and O–H groups in total. The lowest BCUT2D eigenvalue weighted by molar-refractivity contribution is -0.120. The molecule has 0 bridgehead atoms. The summed E-state index contributed by atoms with van der Waals surface area (Å²) in [5.41, 5.74) is 7.57. The molecule has 1 atom stereocenters. The van der Waals surface area contributed by atoms with Crippen LogP contribution in [0.1, 0.15) is 5.56 Å². The minimum Gasteiger partial charge on any atom is -0.353 e. The molecule has 1 fully saturated rings. The molecule has 1 unspecified atom stereocenters. The van der Waals surface area contributed by atoms with E-state index in [2.05, 4.69) is 15.6 Å². The standard InChI is InChI=1S/C18H21N5O2.2ClH/c19-15(10-13-4-2-1-3-5-13)18(25)22-14-6-7-16(21-11-14)23-9-8-20-17(24)12-23;;/h1-7,11,15H,8-10,12,19H2,(H,20,24)(H,22,25);2*1H. The van der Waals surface area contributed by atoms with Gasteiger partial charge in [-0.2, -0.15) is 0 Å². The van der Waals surface area contributed by atoms with Gasteiger partial charge in [0.05, 0.1) is 24.5 Å². The van der Waals surface area contributed by atoms with Crippen LogP contribution >= 0.6 is 24.8 Å². The fraction of sp³-hybridized carbons (Fsp3) is 0.278. The Labute approximate surface area is 170 Å². The highest BCUT2D eigenvalue weighted by molar-refractivity contribution is 5.94. The summed E-state index contributed by atoms with van der Waals surface area (Å²) in [7, 11) is 0. The van der Waals surface area contributed by atoms with Gasteiger partial charge in [-0.25, -0.2) is 4.98 Å². The van der Waals surface area contributed by atoms with E-state index in [4.69, 9.17) is 5.73 Å². The molecule has 1 aromatic heterocycles. The number of benzene rings is 1. The van der Waals surface area contributed by atoms with Crippen LogP contribution in [0.4, 0.5) is 11.5 Å². The molecule has 2 amide bonds. The molecule has 0 saturated carbocycles. The third kappa shape index (κ3) is 6.39. The predicted octanol–water partition coefficient (Wildman–Crippen LogP) is 1.37. The summed E-state index contributed by atoms with van der Waals surface area (Å²) in [6.45, 7) is 1.61. The molecule has 7 nitrogen and oxygen atoms in total. The van der Waals surface area contributed by atoms with E-state index >= 15 is 0 Å². The van der Waals surface area contributed by atoms with E-state index in [9.17, 15) is 9.59 Å². The summed E-state index contributed by atoms with van der Waals surface area (Å²) in [6.07, 6.45) is 2.05. The number of carbonyl (C=O) groups is 2. The first-order valence-electron chi connectivity index (χ1n) is 8.20. The molecular weight excluding hydrogens is 389 g/mol. The van der Waals surface area contributed by atoms with Crippen molar-refractivity contribution in [2.45, 2.75) is 12.5 Å². The van der Waals surface area contributed by atoms with Crippen molar-refractivity contribution in [1.82, 2.24) is 10.3 Å². The summed E-state index contributed by atoms with van der Waals surface area (Å²) < 4.78 is 0. The number of hydrogen-bond donors (Lipinski definition) is 3. The molecule has 3 rings (SSSR count). The Bertz CT molecular complexity index is 743. The van der Waals surface area contributed by atoms with Gasteiger partial charge in [-0.3, -0.25) is 9.59 Å². The number of nitrogens with two attached hydrogens (primary N) is 1. The molecule has 0 spiro atoms. The smallest absolute Gasteiger partial charge is 0.241 e. The quantitative estimate of drug-likeness (QED) is 0.689. The molecule has 2 heterocycles. The maximum atomic E-state index is 12.2. The van der Waals surface area contributed by atoms with Crippen LogP contribution in [-0.2, 0) is 16.0 Å². The van der Waals surface area contributed by atoms with Crippen LogP contribution in [0, 0.1) is 0 Å². The number of hydrogen-bond acceptors (Lipinski definition) is 5. The Morgan fingerprint density at radius 3 is 2.59 bits per heavy atom. The maximum absolute atomic E-state index is 12.2. The predicted molar refractivity (Wildman–Crippen MR) is 111 cm³/mol. The van der Waals surface area contributed by atoms with E-state index in [0.717, 1.165) is 5.56 Å². The Kier molecular flexibility index (Phi) is 9.00. The maximum Gasteiger partial charge on any atom is 0.241 e. The third-order valence-electron chi connectivity index (χ3n) is 4.01. The molecule has 27 heavy (non-hydrogen) atoms. The van der Waals surface area contributed by atoms with Crippen LogP contribution in [0.5, 0.6) is 0 Å². The number of halogens is 2. The number of nitrogens with zero attached hydrogens (tertiary/aromatic N) is 2. The Morgan fingerprint density at radius 1 is 1.22 bits per heavy atom. The van der Waals surface area contributed by atoms with Crippen LogP contribution in [0.15, 0.2) is 48.7 Å². The Hall–Kier alpha value is -2.35. The third-order valence-corrected chi connectivity index (χ3v) is 4.01. The van der Waals surface area contributed by atoms with Crippen LogP contribution in [0.3, 0.4) is 0 Å². The number of rotatable bonds is 5. The van der Waals surface area contributed by atoms with E-state index < -0.39 is 6.04 Å². The number of amides is 2. The van der Waals surface area contributed by atoms with Crippen molar-refractivity contribution in [3.05, 3.63) is 54.2 Å². The summed E-state index contributed by atoms with van der Waals surface area (Å²) in [6, 6.07) is 12.6. The lowest BCUT2D eigenvalue weighted by atomic mass is 10.1. The van der Waals surface area contributed by atoms with Crippen LogP contribution < -0.4 is 21.3 Å². The van der Waals surface area contributed by atoms with Crippen molar-refractivity contribution in [2.24, 2.45) is 5.73 Å². The average molecular weight is 412 g/mol. The van der Waals surface area contributed by atoms with Gasteiger partial charge in [0.25, 0.3) is 0 Å². The number of pyridine rings is 1. The minimum atomic E-state index is -0.632. The molecule has 0 aliphatic carbocycles. The number of piperazine rings is 1. The normalized spacial score (nSPS) is 14.3. The largest absolute Gasteiger partial charge is 0.353 e. The van der Waals surface area contributed by atoms with E-state index in [1.54, 1.807) is 18.3 Å². The van der Waals surface area contributed by atoms with Gasteiger partial charge in [0.15, 0.2) is 0 Å². The molecule has 1 aliphatic rings. The van der Waals surface area contributed by atoms with Gasteiger partial charge in [-0.1, -0.05) is 30.3 Å². The van der Waals surface area contributed by atoms with Gasteiger partial charge < -0.3 is 21.3 Å². The Balaban J connectivity index is 0.00000182. The zero-order valence-electron chi connectivity index (χ0n) is 14.6. The van der Waals surface area contributed by atoms with Crippen molar-refractivity contribution >= 4 is 48.1 Å². The lowest BCUT2D eigenvalue weighted by Crippen LogP contribution is -2.48. The number of anilines is 2. The summed E-state index contributed by atoms with van der Waals surface area (Å²) in [5.74, 6) is 0.439. The molecule has 0 radical (unpaired) electrons. The number of nitrogens with one attached hydrogen (secondary N) is 2. The van der Waals surface area contributed by atoms with E-state index in [0.29, 0.717) is 37.6 Å². The monoisotopic (exact) mass is 411 g/mol. The zero-order valence-corrected chi connectivity index (χ0v) is 16.3. The molecule has 1 aromatic carbocycles. The second kappa shape index (κ2) is 10.7. The lowest BCUT2D eigenvalue weighted by Gasteiger charge is -2.27. The second-order valence-corrected chi connectivity index (χ2v) is 5.96. The second-order valence-electron chi connectivity index (χ2n) is 5.96. The average Bonchev–Trinajstić information content (AvgIpc) is 2.63. The van der Waals surface area contributed by atoms with E-state index in [-0.39, 0.29) is 36.6 Å². The SMILES string of the molecule is Cl.Cl.NC(Cc1ccccc1)C(=O)Nc1ccc(N2CCNC(=O)C2)nc1. The minimum absolute atomic E-state index is 0. The summed E-state index contributed by atoms with van der Waals surface area (Å²) >= 11 is 0. The molecule has 146 valence electrons. The summed E-state index contributed by atoms with van der Waals surface area (Å²) in [4.78, 5) is 29.9. The van der Waals surface area contributed by atoms with E-state index in [1.165, 1.54) is 0 Å². The van der Waals surface area contributed by atoms with Gasteiger partial charge in [0.2, 0.25) is 11.8 Å². The van der Waals surface area contributed by atoms with Crippen LogP contribution in [0.2, 0.25) is 0 Å². The van der Waals surface area contributed by atoms with E-state index in [1.807, 2.05) is 35.2 Å². The van der Waals surface area contributed by atoms with Crippen molar-refractivity contribution in [3.8, 4) is 0 Å². The molecule has 1 saturated heterocycles. The molecule has 1 aliphatic heterocycles. The van der Waals surface area contributed by atoms with Gasteiger partial charge in [-0.05, 0) is 24.1 Å². The number of carbonyl (C=O) groups excluding carboxylic acids is 2. The fourth-order valence-electron chi connectivity index (χ4n) is 2.68. The zero-order chi connectivity index (χ0) is 17.6. The van der Waals surface area contributed by atoms with Gasteiger partial charge in [-0.15, -0.1) is 24.8 Å². The van der Waals surface area contributed by atoms with Gasteiger partial charge >= 0.3 is 0 Å². The van der Waals surface area contributed by atoms with Crippen molar-refractivity contribution in [2.75, 3.05) is 29.9 Å². The molecule has 2 aromatic rings. The first kappa shape index (κ1) is 22.7. The van der Waals surface area contributed by atoms with Crippen molar-refractivity contribution in [1.29, 1.82) is 0 Å². The van der Waals surface area contributed by atoms with Gasteiger partial charge in [0, 0.05) is 13.1 Å². The van der Waals surface area contributed by atoms with Crippen molar-refractivity contribution in [3.63, 3.8) is 0 Å². The Morgan fingerprint density at radius 2 is 1.96 bits per heavy atom. The molecule has 9 heteroatoms. The highest BCUT2D eigenvalue weighted by Crippen LogP contribution is 2.15. The highest BCUT2D eigenvalue weighted by Gasteiger charge is 2.18. The summed E-state index contributed by atoms with van der Waals surface area (Å²) in [5, 5.41) is 5.55. The first-order chi connectivity index (χ1) is 12.1. The highest BCUT2D eigenvalue weighted by atomic mass is 35.5. The fourth-order valence-corrected chi connectivity index (χ4v) is 2.68. The van der Waals surface area contributed by atoms with Crippen LogP contribution in [-0.4, -0.2) is 42.5 Å². The van der Waals surface area contributed by atoms with Crippen LogP contribution in [0.25, 0.3) is 0 Å².